The van der Waals surface area contributed by atoms with Gasteiger partial charge in [-0.25, -0.2) is 0 Å². The van der Waals surface area contributed by atoms with E-state index in [2.05, 4.69) is 10.4 Å². The van der Waals surface area contributed by atoms with E-state index in [4.69, 9.17) is 10.00 Å². The van der Waals surface area contributed by atoms with Crippen molar-refractivity contribution in [2.24, 2.45) is 7.05 Å². The van der Waals surface area contributed by atoms with E-state index in [1.54, 1.807) is 6.20 Å². The number of benzene rings is 1. The Morgan fingerprint density at radius 2 is 2.20 bits per heavy atom. The number of hydrogen-bond donors (Lipinski definition) is 1. The summed E-state index contributed by atoms with van der Waals surface area (Å²) in [7, 11) is 1.94. The average Bonchev–Trinajstić information content (AvgIpc) is 2.88. The molecule has 1 aromatic heterocycles. The molecule has 0 spiro atoms. The van der Waals surface area contributed by atoms with Gasteiger partial charge >= 0.3 is 0 Å². The summed E-state index contributed by atoms with van der Waals surface area (Å²) in [5, 5.41) is 16.1. The van der Waals surface area contributed by atoms with E-state index >= 15 is 0 Å². The SMILES string of the molecule is Cn1nccc1CCNCc1ccccc1OCC#N. The summed E-state index contributed by atoms with van der Waals surface area (Å²) in [4.78, 5) is 0. The van der Waals surface area contributed by atoms with Crippen LogP contribution in [0.4, 0.5) is 0 Å². The Balaban J connectivity index is 1.82. The zero-order valence-corrected chi connectivity index (χ0v) is 11.5. The molecule has 1 N–H and O–H groups in total. The fraction of sp³-hybridized carbons (Fsp3) is 0.333. The van der Waals surface area contributed by atoms with E-state index in [-0.39, 0.29) is 6.61 Å². The lowest BCUT2D eigenvalue weighted by Crippen LogP contribution is -2.18. The quantitative estimate of drug-likeness (QED) is 0.777. The summed E-state index contributed by atoms with van der Waals surface area (Å²) >= 11 is 0. The summed E-state index contributed by atoms with van der Waals surface area (Å²) in [5.41, 5.74) is 2.26. The largest absolute Gasteiger partial charge is 0.478 e. The summed E-state index contributed by atoms with van der Waals surface area (Å²) in [5.74, 6) is 0.766. The summed E-state index contributed by atoms with van der Waals surface area (Å²) in [6.07, 6.45) is 2.73. The maximum atomic E-state index is 8.57. The van der Waals surface area contributed by atoms with E-state index in [1.165, 1.54) is 5.69 Å². The van der Waals surface area contributed by atoms with Gasteiger partial charge in [0.25, 0.3) is 0 Å². The van der Waals surface area contributed by atoms with Gasteiger partial charge in [0.1, 0.15) is 11.8 Å². The molecular weight excluding hydrogens is 252 g/mol. The molecule has 0 saturated heterocycles. The maximum absolute atomic E-state index is 8.57. The van der Waals surface area contributed by atoms with Gasteiger partial charge in [-0.1, -0.05) is 18.2 Å². The van der Waals surface area contributed by atoms with Crippen LogP contribution in [0, 0.1) is 11.3 Å². The molecule has 1 aromatic carbocycles. The smallest absolute Gasteiger partial charge is 0.174 e. The van der Waals surface area contributed by atoms with Crippen LogP contribution in [0.2, 0.25) is 0 Å². The highest BCUT2D eigenvalue weighted by molar-refractivity contribution is 5.33. The fourth-order valence-electron chi connectivity index (χ4n) is 1.99. The second-order valence-corrected chi connectivity index (χ2v) is 4.43. The van der Waals surface area contributed by atoms with Crippen LogP contribution in [0.15, 0.2) is 36.5 Å². The number of rotatable bonds is 7. The highest BCUT2D eigenvalue weighted by Gasteiger charge is 2.03. The topological polar surface area (TPSA) is 62.9 Å². The second kappa shape index (κ2) is 7.31. The van der Waals surface area contributed by atoms with Crippen molar-refractivity contribution < 1.29 is 4.74 Å². The van der Waals surface area contributed by atoms with Gasteiger partial charge in [-0.3, -0.25) is 4.68 Å². The molecule has 104 valence electrons. The maximum Gasteiger partial charge on any atom is 0.174 e. The Morgan fingerprint density at radius 1 is 1.35 bits per heavy atom. The van der Waals surface area contributed by atoms with E-state index in [9.17, 15) is 0 Å². The number of nitrogens with one attached hydrogen (secondary N) is 1. The van der Waals surface area contributed by atoms with Crippen molar-refractivity contribution in [3.8, 4) is 11.8 Å². The summed E-state index contributed by atoms with van der Waals surface area (Å²) in [6.45, 7) is 1.66. The zero-order valence-electron chi connectivity index (χ0n) is 11.5. The van der Waals surface area contributed by atoms with E-state index in [0.29, 0.717) is 0 Å². The van der Waals surface area contributed by atoms with E-state index in [0.717, 1.165) is 30.8 Å². The van der Waals surface area contributed by atoms with Gasteiger partial charge in [0.2, 0.25) is 0 Å². The second-order valence-electron chi connectivity index (χ2n) is 4.43. The minimum Gasteiger partial charge on any atom is -0.478 e. The molecule has 0 unspecified atom stereocenters. The molecule has 0 fully saturated rings. The van der Waals surface area contributed by atoms with Gasteiger partial charge in [0, 0.05) is 44.0 Å². The minimum atomic E-state index is 0.0754. The molecule has 5 nitrogen and oxygen atoms in total. The van der Waals surface area contributed by atoms with Gasteiger partial charge in [-0.05, 0) is 12.1 Å². The van der Waals surface area contributed by atoms with Gasteiger partial charge in [0.05, 0.1) is 0 Å². The molecule has 0 aliphatic rings. The van der Waals surface area contributed by atoms with Crippen LogP contribution in [0.3, 0.4) is 0 Å². The Bertz CT molecular complexity index is 586. The average molecular weight is 270 g/mol. The number of hydrogen-bond acceptors (Lipinski definition) is 4. The molecule has 2 aromatic rings. The van der Waals surface area contributed by atoms with Crippen molar-refractivity contribution in [3.05, 3.63) is 47.8 Å². The molecule has 20 heavy (non-hydrogen) atoms. The number of ether oxygens (including phenoxy) is 1. The van der Waals surface area contributed by atoms with Crippen LogP contribution in [0.5, 0.6) is 5.75 Å². The van der Waals surface area contributed by atoms with Crippen molar-refractivity contribution >= 4 is 0 Å². The first-order valence-electron chi connectivity index (χ1n) is 6.56. The summed E-state index contributed by atoms with van der Waals surface area (Å²) in [6, 6.07) is 11.8. The molecule has 0 aliphatic heterocycles. The molecule has 0 radical (unpaired) electrons. The van der Waals surface area contributed by atoms with Crippen LogP contribution < -0.4 is 10.1 Å². The lowest BCUT2D eigenvalue weighted by Gasteiger charge is -2.10. The van der Waals surface area contributed by atoms with Gasteiger partial charge in [-0.2, -0.15) is 10.4 Å². The van der Waals surface area contributed by atoms with E-state index < -0.39 is 0 Å². The molecule has 1 heterocycles. The Hall–Kier alpha value is -2.32. The normalized spacial score (nSPS) is 10.2. The number of para-hydroxylation sites is 1. The zero-order chi connectivity index (χ0) is 14.2. The third-order valence-corrected chi connectivity index (χ3v) is 3.06. The molecule has 0 saturated carbocycles. The van der Waals surface area contributed by atoms with Gasteiger partial charge < -0.3 is 10.1 Å². The van der Waals surface area contributed by atoms with E-state index in [1.807, 2.05) is 48.1 Å². The molecular formula is C15H18N4O. The van der Waals surface area contributed by atoms with Crippen molar-refractivity contribution in [3.63, 3.8) is 0 Å². The van der Waals surface area contributed by atoms with Crippen LogP contribution in [0.1, 0.15) is 11.3 Å². The summed E-state index contributed by atoms with van der Waals surface area (Å²) < 4.78 is 7.27. The van der Waals surface area contributed by atoms with Crippen LogP contribution in [0.25, 0.3) is 0 Å². The molecule has 0 amide bonds. The fourth-order valence-corrected chi connectivity index (χ4v) is 1.99. The monoisotopic (exact) mass is 270 g/mol. The molecule has 2 rings (SSSR count). The number of aryl methyl sites for hydroxylation is 1. The number of nitriles is 1. The first kappa shape index (κ1) is 14.1. The third kappa shape index (κ3) is 3.84. The first-order chi connectivity index (χ1) is 9.81. The molecule has 0 aliphatic carbocycles. The minimum absolute atomic E-state index is 0.0754. The van der Waals surface area contributed by atoms with Gasteiger partial charge in [0.15, 0.2) is 6.61 Å². The third-order valence-electron chi connectivity index (χ3n) is 3.06. The Labute approximate surface area is 118 Å². The predicted molar refractivity (Wildman–Crippen MR) is 76.2 cm³/mol. The van der Waals surface area contributed by atoms with Crippen LogP contribution in [-0.4, -0.2) is 22.9 Å². The van der Waals surface area contributed by atoms with Crippen LogP contribution in [-0.2, 0) is 20.0 Å². The Kier molecular flexibility index (Phi) is 5.15. The predicted octanol–water partition coefficient (Wildman–Crippen LogP) is 1.65. The number of nitrogens with zero attached hydrogens (tertiary/aromatic N) is 3. The lowest BCUT2D eigenvalue weighted by molar-refractivity contribution is 0.362. The lowest BCUT2D eigenvalue weighted by atomic mass is 10.2. The molecule has 0 atom stereocenters. The van der Waals surface area contributed by atoms with Crippen molar-refractivity contribution in [1.29, 1.82) is 5.26 Å². The Morgan fingerprint density at radius 3 is 2.95 bits per heavy atom. The van der Waals surface area contributed by atoms with Crippen molar-refractivity contribution in [2.45, 2.75) is 13.0 Å². The van der Waals surface area contributed by atoms with Gasteiger partial charge in [-0.15, -0.1) is 0 Å². The standard InChI is InChI=1S/C15H18N4O/c1-19-14(7-10-18-19)6-9-17-12-13-4-2-3-5-15(13)20-11-8-16/h2-5,7,10,17H,6,9,11-12H2,1H3. The van der Waals surface area contributed by atoms with Crippen molar-refractivity contribution in [1.82, 2.24) is 15.1 Å². The highest BCUT2D eigenvalue weighted by atomic mass is 16.5. The molecule has 5 heteroatoms. The first-order valence-corrected chi connectivity index (χ1v) is 6.56. The van der Waals surface area contributed by atoms with Crippen LogP contribution >= 0.6 is 0 Å². The van der Waals surface area contributed by atoms with Crippen molar-refractivity contribution in [2.75, 3.05) is 13.2 Å². The number of aromatic nitrogens is 2. The molecule has 0 bridgehead atoms. The highest BCUT2D eigenvalue weighted by Crippen LogP contribution is 2.17.